The van der Waals surface area contributed by atoms with Gasteiger partial charge in [0.25, 0.3) is 0 Å². The molecule has 0 N–H and O–H groups in total. The quantitative estimate of drug-likeness (QED) is 0.290. The third-order valence-corrected chi connectivity index (χ3v) is 11.2. The third-order valence-electron chi connectivity index (χ3n) is 6.69. The van der Waals surface area contributed by atoms with Crippen molar-refractivity contribution in [1.82, 2.24) is 0 Å². The van der Waals surface area contributed by atoms with Crippen LogP contribution in [0.1, 0.15) is 50.3 Å². The van der Waals surface area contributed by atoms with Gasteiger partial charge in [-0.1, -0.05) is 93.6 Å². The van der Waals surface area contributed by atoms with Crippen LogP contribution in [0.3, 0.4) is 0 Å². The highest BCUT2D eigenvalue weighted by Gasteiger charge is 2.52. The van der Waals surface area contributed by atoms with E-state index in [-0.39, 0.29) is 10.6 Å². The average molecular weight is 428 g/mol. The largest absolute Gasteiger partial charge is 0.407 e. The Bertz CT molecular complexity index is 1000. The molecule has 1 saturated carbocycles. The van der Waals surface area contributed by atoms with Gasteiger partial charge in [0.1, 0.15) is 0 Å². The van der Waals surface area contributed by atoms with E-state index >= 15 is 0 Å². The van der Waals surface area contributed by atoms with Crippen LogP contribution in [0, 0.1) is 0 Å². The first kappa shape index (κ1) is 21.7. The second-order valence-electron chi connectivity index (χ2n) is 10.1. The first-order valence-corrected chi connectivity index (χ1v) is 14.1. The lowest BCUT2D eigenvalue weighted by Gasteiger charge is -2.39. The van der Waals surface area contributed by atoms with Crippen molar-refractivity contribution < 1.29 is 4.43 Å². The van der Waals surface area contributed by atoms with E-state index in [4.69, 9.17) is 9.42 Å². The van der Waals surface area contributed by atoms with Gasteiger partial charge in [0, 0.05) is 11.1 Å². The molecule has 0 atom stereocenters. The molecule has 4 rings (SSSR count). The van der Waals surface area contributed by atoms with Crippen LogP contribution < -0.4 is 0 Å². The van der Waals surface area contributed by atoms with E-state index in [1.807, 2.05) is 12.1 Å². The maximum atomic E-state index is 6.85. The lowest BCUT2D eigenvalue weighted by molar-refractivity contribution is 0.159. The predicted octanol–water partition coefficient (Wildman–Crippen LogP) is 7.87. The molecule has 1 aliphatic rings. The summed E-state index contributed by atoms with van der Waals surface area (Å²) in [5.74, 6) is 0. The zero-order chi connectivity index (χ0) is 22.1. The molecule has 0 saturated heterocycles. The lowest BCUT2D eigenvalue weighted by Crippen LogP contribution is -2.44. The molecule has 0 aromatic heterocycles. The van der Waals surface area contributed by atoms with E-state index in [9.17, 15) is 0 Å². The Kier molecular flexibility index (Phi) is 5.76. The monoisotopic (exact) mass is 427 g/mol. The number of nitrogens with zero attached hydrogens (tertiary/aromatic N) is 1. The molecule has 1 aliphatic carbocycles. The number of hydrogen-bond acceptors (Lipinski definition) is 2. The van der Waals surface area contributed by atoms with Gasteiger partial charge in [-0.05, 0) is 48.7 Å². The normalized spacial score (nSPS) is 15.4. The Hall–Kier alpha value is -2.49. The van der Waals surface area contributed by atoms with Crippen LogP contribution in [0.4, 0.5) is 5.69 Å². The summed E-state index contributed by atoms with van der Waals surface area (Å²) in [5.41, 5.74) is 5.40. The van der Waals surface area contributed by atoms with Gasteiger partial charge in [-0.2, -0.15) is 0 Å². The van der Waals surface area contributed by atoms with E-state index in [1.165, 1.54) is 5.56 Å². The summed E-state index contributed by atoms with van der Waals surface area (Å²) < 4.78 is 6.85. The Morgan fingerprint density at radius 1 is 0.774 bits per heavy atom. The van der Waals surface area contributed by atoms with Crippen molar-refractivity contribution in [2.45, 2.75) is 57.3 Å². The number of aliphatic imine (C=N–C) groups is 1. The van der Waals surface area contributed by atoms with Crippen molar-refractivity contribution in [3.63, 3.8) is 0 Å². The van der Waals surface area contributed by atoms with Crippen LogP contribution in [0.15, 0.2) is 89.9 Å². The second-order valence-corrected chi connectivity index (χ2v) is 14.8. The molecule has 0 heterocycles. The van der Waals surface area contributed by atoms with Crippen molar-refractivity contribution in [3.05, 3.63) is 102 Å². The molecule has 0 aliphatic heterocycles. The van der Waals surface area contributed by atoms with E-state index < -0.39 is 8.32 Å². The topological polar surface area (TPSA) is 21.6 Å². The van der Waals surface area contributed by atoms with Gasteiger partial charge in [0.2, 0.25) is 0 Å². The minimum Gasteiger partial charge on any atom is -0.407 e. The summed E-state index contributed by atoms with van der Waals surface area (Å²) in [7, 11) is -1.82. The van der Waals surface area contributed by atoms with Crippen molar-refractivity contribution >= 4 is 19.7 Å². The van der Waals surface area contributed by atoms with Crippen LogP contribution in [0.5, 0.6) is 0 Å². The standard InChI is InChI=1S/C28H33NOSi/c1-27(2,3)31(4,5)30-28(20-21-28)24-16-18-25(19-17-24)29-26(22-12-8-6-9-13-22)23-14-10-7-11-15-23/h6-19H,20-21H2,1-5H3. The Morgan fingerprint density at radius 3 is 1.68 bits per heavy atom. The fraction of sp³-hybridized carbons (Fsp3) is 0.321. The zero-order valence-corrected chi connectivity index (χ0v) is 20.4. The lowest BCUT2D eigenvalue weighted by atomic mass is 10.0. The summed E-state index contributed by atoms with van der Waals surface area (Å²) in [5, 5.41) is 0.215. The van der Waals surface area contributed by atoms with Gasteiger partial charge in [-0.25, -0.2) is 4.99 Å². The first-order valence-electron chi connectivity index (χ1n) is 11.2. The molecular formula is C28H33NOSi. The van der Waals surface area contributed by atoms with E-state index in [2.05, 4.69) is 107 Å². The molecule has 0 radical (unpaired) electrons. The summed E-state index contributed by atoms with van der Waals surface area (Å²) in [6.07, 6.45) is 2.23. The van der Waals surface area contributed by atoms with Crippen LogP contribution >= 0.6 is 0 Å². The molecule has 160 valence electrons. The Balaban J connectivity index is 1.63. The molecule has 0 amide bonds. The van der Waals surface area contributed by atoms with Gasteiger partial charge in [0.05, 0.1) is 17.0 Å². The average Bonchev–Trinajstić information content (AvgIpc) is 3.53. The first-order chi connectivity index (χ1) is 14.7. The van der Waals surface area contributed by atoms with Crippen LogP contribution in [-0.2, 0) is 10.0 Å². The van der Waals surface area contributed by atoms with E-state index in [0.717, 1.165) is 35.4 Å². The highest BCUT2D eigenvalue weighted by atomic mass is 28.4. The smallest absolute Gasteiger partial charge is 0.193 e. The Morgan fingerprint density at radius 2 is 1.26 bits per heavy atom. The van der Waals surface area contributed by atoms with Gasteiger partial charge in [-0.3, -0.25) is 0 Å². The van der Waals surface area contributed by atoms with Gasteiger partial charge in [0.15, 0.2) is 8.32 Å². The molecule has 2 nitrogen and oxygen atoms in total. The van der Waals surface area contributed by atoms with Crippen LogP contribution in [-0.4, -0.2) is 14.0 Å². The molecule has 1 fully saturated rings. The highest BCUT2D eigenvalue weighted by molar-refractivity contribution is 6.74. The zero-order valence-electron chi connectivity index (χ0n) is 19.4. The van der Waals surface area contributed by atoms with E-state index in [0.29, 0.717) is 0 Å². The Labute approximate surface area is 188 Å². The minimum absolute atomic E-state index is 0.0903. The molecule has 3 heteroatoms. The molecule has 0 bridgehead atoms. The fourth-order valence-corrected chi connectivity index (χ4v) is 5.27. The van der Waals surface area contributed by atoms with Gasteiger partial charge >= 0.3 is 0 Å². The molecule has 31 heavy (non-hydrogen) atoms. The van der Waals surface area contributed by atoms with Crippen LogP contribution in [0.25, 0.3) is 0 Å². The maximum absolute atomic E-state index is 6.85. The maximum Gasteiger partial charge on any atom is 0.193 e. The summed E-state index contributed by atoms with van der Waals surface area (Å²) >= 11 is 0. The molecule has 0 spiro atoms. The highest BCUT2D eigenvalue weighted by Crippen LogP contribution is 2.54. The van der Waals surface area contributed by atoms with Gasteiger partial charge < -0.3 is 4.43 Å². The van der Waals surface area contributed by atoms with Crippen molar-refractivity contribution in [2.24, 2.45) is 4.99 Å². The number of benzene rings is 3. The summed E-state index contributed by atoms with van der Waals surface area (Å²) in [4.78, 5) is 5.04. The minimum atomic E-state index is -1.82. The van der Waals surface area contributed by atoms with Crippen molar-refractivity contribution in [1.29, 1.82) is 0 Å². The molecule has 3 aromatic carbocycles. The third kappa shape index (κ3) is 4.73. The SMILES string of the molecule is CC(C)(C)[Si](C)(C)OC1(c2ccc(N=C(c3ccccc3)c3ccccc3)cc2)CC1. The second kappa shape index (κ2) is 8.21. The van der Waals surface area contributed by atoms with Gasteiger partial charge in [-0.15, -0.1) is 0 Å². The molecule has 0 unspecified atom stereocenters. The molecule has 3 aromatic rings. The number of rotatable bonds is 6. The number of hydrogen-bond donors (Lipinski definition) is 0. The molecular weight excluding hydrogens is 394 g/mol. The van der Waals surface area contributed by atoms with Crippen molar-refractivity contribution in [2.75, 3.05) is 0 Å². The summed E-state index contributed by atoms with van der Waals surface area (Å²) in [6.45, 7) is 11.6. The van der Waals surface area contributed by atoms with E-state index in [1.54, 1.807) is 0 Å². The predicted molar refractivity (Wildman–Crippen MR) is 134 cm³/mol. The summed E-state index contributed by atoms with van der Waals surface area (Å²) in [6, 6.07) is 29.5. The van der Waals surface area contributed by atoms with Crippen molar-refractivity contribution in [3.8, 4) is 0 Å². The fourth-order valence-electron chi connectivity index (χ4n) is 3.66. The van der Waals surface area contributed by atoms with Crippen LogP contribution in [0.2, 0.25) is 18.1 Å².